The average molecular weight is 591 g/mol. The van der Waals surface area contributed by atoms with E-state index in [1.54, 1.807) is 13.8 Å². The second kappa shape index (κ2) is 12.1. The first-order valence-corrected chi connectivity index (χ1v) is 13.6. The monoisotopic (exact) mass is 591 g/mol. The summed E-state index contributed by atoms with van der Waals surface area (Å²) in [5, 5.41) is 10.5. The summed E-state index contributed by atoms with van der Waals surface area (Å²) < 4.78 is 48.3. The third-order valence-electron chi connectivity index (χ3n) is 5.63. The Morgan fingerprint density at radius 3 is 2.71 bits per heavy atom. The Labute approximate surface area is 232 Å². The van der Waals surface area contributed by atoms with Crippen molar-refractivity contribution in [1.82, 2.24) is 25.0 Å². The minimum absolute atomic E-state index is 0.00519. The Bertz CT molecular complexity index is 1650. The number of carbonyl (C=O) groups excluding carboxylic acids is 2. The molecule has 3 heterocycles. The molecule has 4 rings (SSSR count). The van der Waals surface area contributed by atoms with E-state index in [-0.39, 0.29) is 40.4 Å². The molecule has 0 aliphatic carbocycles. The Balaban J connectivity index is 1.57. The lowest BCUT2D eigenvalue weighted by atomic mass is 9.98. The van der Waals surface area contributed by atoms with Crippen LogP contribution < -0.4 is 16.6 Å². The second-order valence-corrected chi connectivity index (χ2v) is 10.6. The number of aromatic nitrogens is 4. The van der Waals surface area contributed by atoms with Crippen LogP contribution in [0.4, 0.5) is 14.9 Å². The van der Waals surface area contributed by atoms with Crippen molar-refractivity contribution in [3.05, 3.63) is 47.8 Å². The van der Waals surface area contributed by atoms with Crippen LogP contribution in [0.1, 0.15) is 36.8 Å². The minimum Gasteiger partial charge on any atom is -0.432 e. The molecule has 0 aliphatic heterocycles. The summed E-state index contributed by atoms with van der Waals surface area (Å²) in [6.45, 7) is 3.42. The van der Waals surface area contributed by atoms with Crippen molar-refractivity contribution < 1.29 is 42.0 Å². The van der Waals surface area contributed by atoms with E-state index in [2.05, 4.69) is 25.1 Å². The Kier molecular flexibility index (Phi) is 8.80. The topological polar surface area (TPSA) is 220 Å². The van der Waals surface area contributed by atoms with Crippen molar-refractivity contribution in [2.45, 2.75) is 40.2 Å². The molecular formula is C24H27FN7O8P. The van der Waals surface area contributed by atoms with Gasteiger partial charge in [0.05, 0.1) is 23.4 Å². The Hall–Kier alpha value is -4.21. The molecule has 1 unspecified atom stereocenters. The van der Waals surface area contributed by atoms with E-state index in [9.17, 15) is 19.0 Å². The highest BCUT2D eigenvalue weighted by atomic mass is 31.2. The van der Waals surface area contributed by atoms with Crippen LogP contribution in [0.15, 0.2) is 35.2 Å². The zero-order valence-corrected chi connectivity index (χ0v) is 23.1. The molecule has 1 atom stereocenters. The maximum Gasteiger partial charge on any atom is 0.509 e. The first kappa shape index (κ1) is 29.8. The lowest BCUT2D eigenvalue weighted by Crippen LogP contribution is -2.22. The molecule has 15 nitrogen and oxygen atoms in total. The van der Waals surface area contributed by atoms with E-state index < -0.39 is 39.3 Å². The largest absolute Gasteiger partial charge is 0.509 e. The van der Waals surface area contributed by atoms with Crippen LogP contribution in [0, 0.1) is 5.82 Å². The lowest BCUT2D eigenvalue weighted by Gasteiger charge is -2.14. The highest BCUT2D eigenvalue weighted by Gasteiger charge is 2.24. The molecule has 0 aliphatic rings. The smallest absolute Gasteiger partial charge is 0.432 e. The fourth-order valence-corrected chi connectivity index (χ4v) is 4.38. The Morgan fingerprint density at radius 1 is 1.27 bits per heavy atom. The lowest BCUT2D eigenvalue weighted by molar-refractivity contribution is 0.0319. The van der Waals surface area contributed by atoms with Crippen LogP contribution in [0.25, 0.3) is 33.4 Å². The van der Waals surface area contributed by atoms with Gasteiger partial charge in [0.15, 0.2) is 18.1 Å². The minimum atomic E-state index is -4.38. The Morgan fingerprint density at radius 2 is 2.02 bits per heavy atom. The normalized spacial score (nSPS) is 13.0. The van der Waals surface area contributed by atoms with Crippen LogP contribution >= 0.6 is 7.75 Å². The van der Waals surface area contributed by atoms with E-state index in [4.69, 9.17) is 25.3 Å². The van der Waals surface area contributed by atoms with Gasteiger partial charge in [-0.3, -0.25) is 14.3 Å². The highest BCUT2D eigenvalue weighted by Crippen LogP contribution is 2.39. The van der Waals surface area contributed by atoms with Gasteiger partial charge in [-0.15, -0.1) is 0 Å². The number of Topliss-reactive ketones (excluding diaryl/α,β-unsaturated/α-hetero) is 1. The van der Waals surface area contributed by atoms with Crippen molar-refractivity contribution in [2.75, 3.05) is 12.5 Å². The zero-order chi connectivity index (χ0) is 29.9. The van der Waals surface area contributed by atoms with Crippen LogP contribution in [0.3, 0.4) is 0 Å². The van der Waals surface area contributed by atoms with Crippen molar-refractivity contribution in [3.8, 4) is 22.4 Å². The molecule has 3 aromatic heterocycles. The third-order valence-corrected chi connectivity index (χ3v) is 6.62. The molecule has 0 radical (unpaired) electrons. The maximum atomic E-state index is 15.0. The number of ether oxygens (including phenoxy) is 2. The summed E-state index contributed by atoms with van der Waals surface area (Å²) in [4.78, 5) is 37.7. The number of halogens is 1. The van der Waals surface area contributed by atoms with Gasteiger partial charge in [0.1, 0.15) is 18.2 Å². The number of nitrogen functional groups attached to an aromatic ring is 1. The number of benzene rings is 1. The molecule has 6 N–H and O–H groups in total. The maximum absolute atomic E-state index is 15.0. The number of rotatable bonds is 11. The molecule has 4 aromatic rings. The number of nitrogens with one attached hydrogen (secondary N) is 1. The van der Waals surface area contributed by atoms with Gasteiger partial charge in [0.25, 0.3) is 0 Å². The first-order chi connectivity index (χ1) is 19.4. The molecule has 218 valence electrons. The molecule has 17 heteroatoms. The van der Waals surface area contributed by atoms with Gasteiger partial charge in [-0.2, -0.15) is 10.2 Å². The van der Waals surface area contributed by atoms with Crippen LogP contribution in [0.2, 0.25) is 0 Å². The van der Waals surface area contributed by atoms with Gasteiger partial charge >= 0.3 is 13.9 Å². The standard InChI is InChI=1S/C24H27FN7O8P/c1-12(2)39-24(34)37-10-30-41(35,36)38-11-32-9-14(7-29-32)17-8-28-22(21-20(6-26)31-40-23(17)21)16-4-15(13(3)33)19(27)5-18(16)25/h4-5,7-9,12H,6,10-11,26-27H2,1-3H3,(H2,30,35,36). The van der Waals surface area contributed by atoms with E-state index in [1.807, 2.05) is 0 Å². The summed E-state index contributed by atoms with van der Waals surface area (Å²) >= 11 is 0. The van der Waals surface area contributed by atoms with E-state index in [0.717, 1.165) is 6.07 Å². The summed E-state index contributed by atoms with van der Waals surface area (Å²) in [7, 11) is -4.38. The van der Waals surface area contributed by atoms with Crippen molar-refractivity contribution in [3.63, 3.8) is 0 Å². The van der Waals surface area contributed by atoms with Gasteiger partial charge in [-0.1, -0.05) is 5.16 Å². The number of anilines is 1. The quantitative estimate of drug-likeness (QED) is 0.0646. The fraction of sp³-hybridized carbons (Fsp3) is 0.292. The number of fused-ring (bicyclic) bond motifs is 1. The van der Waals surface area contributed by atoms with Gasteiger partial charge in [0.2, 0.25) is 0 Å². The molecule has 1 aromatic carbocycles. The van der Waals surface area contributed by atoms with Gasteiger partial charge in [-0.05, 0) is 32.9 Å². The number of nitrogens with zero attached hydrogens (tertiary/aromatic N) is 4. The van der Waals surface area contributed by atoms with Crippen molar-refractivity contribution >= 4 is 36.3 Å². The van der Waals surface area contributed by atoms with E-state index in [1.165, 1.54) is 36.3 Å². The van der Waals surface area contributed by atoms with Crippen LogP contribution in [-0.4, -0.2) is 49.6 Å². The number of pyridine rings is 1. The molecule has 0 amide bonds. The molecule has 41 heavy (non-hydrogen) atoms. The molecule has 0 bridgehead atoms. The molecular weight excluding hydrogens is 564 g/mol. The number of hydrogen-bond acceptors (Lipinski definition) is 12. The molecule has 0 saturated carbocycles. The number of carbonyl (C=O) groups is 2. The first-order valence-electron chi connectivity index (χ1n) is 12.1. The molecule has 0 spiro atoms. The second-order valence-electron chi connectivity index (χ2n) is 8.94. The molecule has 0 saturated heterocycles. The zero-order valence-electron chi connectivity index (χ0n) is 22.2. The number of nitrogens with two attached hydrogens (primary N) is 2. The predicted octanol–water partition coefficient (Wildman–Crippen LogP) is 3.32. The molecule has 0 fully saturated rings. The van der Waals surface area contributed by atoms with Gasteiger partial charge in [-0.25, -0.2) is 18.4 Å². The van der Waals surface area contributed by atoms with Crippen molar-refractivity contribution in [2.24, 2.45) is 5.73 Å². The summed E-state index contributed by atoms with van der Waals surface area (Å²) in [5.41, 5.74) is 13.3. The van der Waals surface area contributed by atoms with E-state index in [0.29, 0.717) is 22.2 Å². The summed E-state index contributed by atoms with van der Waals surface area (Å²) in [6, 6.07) is 2.36. The third kappa shape index (κ3) is 6.75. The van der Waals surface area contributed by atoms with E-state index >= 15 is 4.39 Å². The predicted molar refractivity (Wildman–Crippen MR) is 142 cm³/mol. The average Bonchev–Trinajstić information content (AvgIpc) is 3.54. The SMILES string of the molecule is CC(=O)c1cc(-c2ncc(-c3cnn(COP(=O)(O)NCOC(=O)OC(C)C)c3)c3onc(CN)c23)c(F)cc1N. The van der Waals surface area contributed by atoms with Gasteiger partial charge in [0, 0.05) is 46.9 Å². The fourth-order valence-electron chi connectivity index (χ4n) is 3.78. The number of ketones is 1. The summed E-state index contributed by atoms with van der Waals surface area (Å²) in [6.07, 6.45) is 2.87. The highest BCUT2D eigenvalue weighted by molar-refractivity contribution is 7.50. The summed E-state index contributed by atoms with van der Waals surface area (Å²) in [5.74, 6) is -1.05. The van der Waals surface area contributed by atoms with Crippen molar-refractivity contribution in [1.29, 1.82) is 0 Å². The van der Waals surface area contributed by atoms with Crippen LogP contribution in [-0.2, 0) is 31.8 Å². The van der Waals surface area contributed by atoms with Gasteiger partial charge < -0.3 is 30.4 Å². The van der Waals surface area contributed by atoms with Crippen LogP contribution in [0.5, 0.6) is 0 Å². The number of hydrogen-bond donors (Lipinski definition) is 4.